The number of rotatable bonds is 2. The second kappa shape index (κ2) is 4.93. The summed E-state index contributed by atoms with van der Waals surface area (Å²) in [6, 6.07) is 8.09. The Hall–Kier alpha value is -1.93. The van der Waals surface area contributed by atoms with Gasteiger partial charge in [0, 0.05) is 19.0 Å². The molecule has 1 aromatic rings. The third kappa shape index (κ3) is 2.27. The minimum atomic E-state index is 0.184. The Labute approximate surface area is 101 Å². The van der Waals surface area contributed by atoms with Gasteiger partial charge in [0.25, 0.3) is 0 Å². The monoisotopic (exact) mass is 231 g/mol. The molecular formula is C12H17N5. The molecule has 5 heteroatoms. The van der Waals surface area contributed by atoms with E-state index < -0.39 is 0 Å². The molecule has 0 spiro atoms. The predicted molar refractivity (Wildman–Crippen MR) is 69.2 cm³/mol. The van der Waals surface area contributed by atoms with Crippen LogP contribution < -0.4 is 21.9 Å². The van der Waals surface area contributed by atoms with Crippen molar-refractivity contribution in [2.45, 2.75) is 12.8 Å². The maximum atomic E-state index is 8.86. The summed E-state index contributed by atoms with van der Waals surface area (Å²) in [5, 5.41) is 8.86. The molecule has 5 N–H and O–H groups in total. The number of nitrogens with two attached hydrogens (primary N) is 2. The Kier molecular flexibility index (Phi) is 3.35. The lowest BCUT2D eigenvalue weighted by Crippen LogP contribution is -2.33. The summed E-state index contributed by atoms with van der Waals surface area (Å²) < 4.78 is 0. The van der Waals surface area contributed by atoms with Gasteiger partial charge >= 0.3 is 0 Å². The minimum absolute atomic E-state index is 0.184. The lowest BCUT2D eigenvalue weighted by molar-refractivity contribution is 0.488. The maximum Gasteiger partial charge on any atom is 0.0800 e. The molecule has 0 saturated carbocycles. The van der Waals surface area contributed by atoms with Gasteiger partial charge < -0.3 is 16.1 Å². The zero-order chi connectivity index (χ0) is 12.3. The van der Waals surface area contributed by atoms with Crippen LogP contribution in [0.5, 0.6) is 0 Å². The zero-order valence-corrected chi connectivity index (χ0v) is 9.69. The van der Waals surface area contributed by atoms with E-state index in [1.54, 1.807) is 0 Å². The van der Waals surface area contributed by atoms with Gasteiger partial charge in [-0.15, -0.1) is 0 Å². The van der Waals surface area contributed by atoms with Crippen molar-refractivity contribution in [2.75, 3.05) is 29.1 Å². The zero-order valence-electron chi connectivity index (χ0n) is 9.69. The second-order valence-electron chi connectivity index (χ2n) is 4.27. The predicted octanol–water partition coefficient (Wildman–Crippen LogP) is 1.29. The van der Waals surface area contributed by atoms with Gasteiger partial charge in [0.1, 0.15) is 0 Å². The van der Waals surface area contributed by atoms with Crippen LogP contribution in [0.2, 0.25) is 0 Å². The van der Waals surface area contributed by atoms with E-state index in [-0.39, 0.29) is 5.92 Å². The fraction of sp³-hybridized carbons (Fsp3) is 0.417. The third-order valence-corrected chi connectivity index (χ3v) is 3.26. The summed E-state index contributed by atoms with van der Waals surface area (Å²) in [6.07, 6.45) is 1.80. The highest BCUT2D eigenvalue weighted by molar-refractivity contribution is 5.80. The number of nitrogens with one attached hydrogen (secondary N) is 1. The molecule has 1 heterocycles. The first-order valence-electron chi connectivity index (χ1n) is 5.76. The molecule has 0 aromatic heterocycles. The van der Waals surface area contributed by atoms with Crippen molar-refractivity contribution in [3.05, 3.63) is 18.2 Å². The number of nitrogens with zero attached hydrogens (tertiary/aromatic N) is 2. The Bertz CT molecular complexity index is 429. The molecule has 1 fully saturated rings. The lowest BCUT2D eigenvalue weighted by Gasteiger charge is -2.32. The first-order chi connectivity index (χ1) is 8.26. The standard InChI is InChI=1S/C12H17N5/c13-8-9-4-6-17(7-5-9)11-3-1-2-10(16-15)12(11)14/h1-3,9,16H,4-7,14-15H2. The highest BCUT2D eigenvalue weighted by Gasteiger charge is 2.20. The quantitative estimate of drug-likeness (QED) is 0.405. The van der Waals surface area contributed by atoms with Crippen LogP contribution in [0.25, 0.3) is 0 Å². The number of nitriles is 1. The molecule has 17 heavy (non-hydrogen) atoms. The van der Waals surface area contributed by atoms with Crippen molar-refractivity contribution < 1.29 is 0 Å². The van der Waals surface area contributed by atoms with Gasteiger partial charge in [0.2, 0.25) is 0 Å². The summed E-state index contributed by atoms with van der Waals surface area (Å²) in [5.41, 5.74) is 11.0. The van der Waals surface area contributed by atoms with Crippen molar-refractivity contribution in [3.8, 4) is 6.07 Å². The Morgan fingerprint density at radius 3 is 2.65 bits per heavy atom. The highest BCUT2D eigenvalue weighted by Crippen LogP contribution is 2.32. The molecule has 1 saturated heterocycles. The molecule has 1 aliphatic heterocycles. The van der Waals surface area contributed by atoms with E-state index >= 15 is 0 Å². The van der Waals surface area contributed by atoms with Crippen molar-refractivity contribution in [1.29, 1.82) is 5.26 Å². The fourth-order valence-electron chi connectivity index (χ4n) is 2.20. The summed E-state index contributed by atoms with van der Waals surface area (Å²) in [4.78, 5) is 2.21. The number of hydrogen-bond donors (Lipinski definition) is 3. The molecule has 2 rings (SSSR count). The number of anilines is 3. The van der Waals surface area contributed by atoms with Crippen LogP contribution in [0, 0.1) is 17.2 Å². The van der Waals surface area contributed by atoms with Gasteiger partial charge in [0.15, 0.2) is 0 Å². The van der Waals surface area contributed by atoms with E-state index in [4.69, 9.17) is 16.8 Å². The normalized spacial score (nSPS) is 16.6. The van der Waals surface area contributed by atoms with Crippen LogP contribution in [-0.2, 0) is 0 Å². The van der Waals surface area contributed by atoms with E-state index in [0.717, 1.165) is 37.3 Å². The molecule has 90 valence electrons. The second-order valence-corrected chi connectivity index (χ2v) is 4.27. The Morgan fingerprint density at radius 1 is 1.35 bits per heavy atom. The topological polar surface area (TPSA) is 91.1 Å². The largest absolute Gasteiger partial charge is 0.395 e. The van der Waals surface area contributed by atoms with Gasteiger partial charge in [0.05, 0.1) is 23.1 Å². The molecule has 0 bridgehead atoms. The Balaban J connectivity index is 2.16. The van der Waals surface area contributed by atoms with Crippen LogP contribution in [0.15, 0.2) is 18.2 Å². The SMILES string of the molecule is N#CC1CCN(c2cccc(NN)c2N)CC1. The van der Waals surface area contributed by atoms with Crippen molar-refractivity contribution in [1.82, 2.24) is 0 Å². The van der Waals surface area contributed by atoms with Crippen molar-refractivity contribution in [2.24, 2.45) is 11.8 Å². The molecule has 0 aliphatic carbocycles. The van der Waals surface area contributed by atoms with Crippen LogP contribution in [0.4, 0.5) is 17.1 Å². The maximum absolute atomic E-state index is 8.86. The highest BCUT2D eigenvalue weighted by atomic mass is 15.2. The third-order valence-electron chi connectivity index (χ3n) is 3.26. The van der Waals surface area contributed by atoms with Gasteiger partial charge in [-0.1, -0.05) is 6.07 Å². The smallest absolute Gasteiger partial charge is 0.0800 e. The number of benzene rings is 1. The van der Waals surface area contributed by atoms with Crippen molar-refractivity contribution >= 4 is 17.1 Å². The van der Waals surface area contributed by atoms with Gasteiger partial charge in [-0.2, -0.15) is 5.26 Å². The van der Waals surface area contributed by atoms with Gasteiger partial charge in [-0.05, 0) is 25.0 Å². The number of piperidine rings is 1. The minimum Gasteiger partial charge on any atom is -0.395 e. The Morgan fingerprint density at radius 2 is 2.06 bits per heavy atom. The van der Waals surface area contributed by atoms with E-state index in [9.17, 15) is 0 Å². The first kappa shape index (κ1) is 11.6. The summed E-state index contributed by atoms with van der Waals surface area (Å²) >= 11 is 0. The molecule has 0 radical (unpaired) electrons. The molecule has 1 aromatic carbocycles. The number of hydrazine groups is 1. The number of hydrogen-bond acceptors (Lipinski definition) is 5. The molecule has 0 unspecified atom stereocenters. The number of para-hydroxylation sites is 1. The number of nitrogen functional groups attached to an aromatic ring is 2. The van der Waals surface area contributed by atoms with Crippen molar-refractivity contribution in [3.63, 3.8) is 0 Å². The van der Waals surface area contributed by atoms with Crippen LogP contribution in [0.3, 0.4) is 0 Å². The van der Waals surface area contributed by atoms with Crippen LogP contribution in [0.1, 0.15) is 12.8 Å². The molecular weight excluding hydrogens is 214 g/mol. The van der Waals surface area contributed by atoms with E-state index in [0.29, 0.717) is 5.69 Å². The van der Waals surface area contributed by atoms with E-state index in [1.807, 2.05) is 18.2 Å². The molecule has 1 aliphatic rings. The van der Waals surface area contributed by atoms with Gasteiger partial charge in [-0.25, -0.2) is 0 Å². The molecule has 0 atom stereocenters. The average molecular weight is 231 g/mol. The summed E-state index contributed by atoms with van der Waals surface area (Å²) in [7, 11) is 0. The van der Waals surface area contributed by atoms with Gasteiger partial charge in [-0.3, -0.25) is 5.84 Å². The van der Waals surface area contributed by atoms with Crippen LogP contribution in [-0.4, -0.2) is 13.1 Å². The van der Waals surface area contributed by atoms with E-state index in [1.165, 1.54) is 0 Å². The summed E-state index contributed by atoms with van der Waals surface area (Å²) in [6.45, 7) is 1.74. The van der Waals surface area contributed by atoms with E-state index in [2.05, 4.69) is 16.4 Å². The average Bonchev–Trinajstić information content (AvgIpc) is 2.39. The fourth-order valence-corrected chi connectivity index (χ4v) is 2.20. The molecule has 5 nitrogen and oxygen atoms in total. The van der Waals surface area contributed by atoms with Crippen LogP contribution >= 0.6 is 0 Å². The summed E-state index contributed by atoms with van der Waals surface area (Å²) in [5.74, 6) is 5.58. The first-order valence-corrected chi connectivity index (χ1v) is 5.76. The lowest BCUT2D eigenvalue weighted by atomic mass is 9.98. The molecule has 0 amide bonds.